The molecule has 1 amide bonds. The second-order valence-corrected chi connectivity index (χ2v) is 8.67. The van der Waals surface area contributed by atoms with Gasteiger partial charge in [0.1, 0.15) is 0 Å². The molecule has 1 saturated heterocycles. The zero-order valence-corrected chi connectivity index (χ0v) is 18.2. The van der Waals surface area contributed by atoms with Gasteiger partial charge >= 0.3 is 0 Å². The van der Waals surface area contributed by atoms with E-state index >= 15 is 0 Å². The molecule has 3 aromatic rings. The quantitative estimate of drug-likeness (QED) is 0.643. The molecule has 0 N–H and O–H groups in total. The first-order valence-corrected chi connectivity index (χ1v) is 11.1. The van der Waals surface area contributed by atoms with Crippen molar-refractivity contribution in [1.82, 2.24) is 19.6 Å². The highest BCUT2D eigenvalue weighted by molar-refractivity contribution is 7.07. The molecule has 0 atom stereocenters. The summed E-state index contributed by atoms with van der Waals surface area (Å²) < 4.78 is 1.96. The number of carbonyl (C=O) groups is 1. The second kappa shape index (κ2) is 8.51. The van der Waals surface area contributed by atoms with Crippen LogP contribution < -0.4 is 0 Å². The highest BCUT2D eigenvalue weighted by atomic mass is 32.1. The van der Waals surface area contributed by atoms with Crippen molar-refractivity contribution < 1.29 is 4.79 Å². The lowest BCUT2D eigenvalue weighted by Gasteiger charge is -2.34. The standard InChI is InChI=1S/C23H28N4OS/c1-17-4-6-20(7-5-17)15-27-19(3)22(18(2)24-27)23(28)26-11-9-25(10-12-26)14-21-8-13-29-16-21/h4-8,13,16H,9-12,14-15H2,1-3H3. The monoisotopic (exact) mass is 408 g/mol. The molecule has 2 aromatic heterocycles. The molecule has 0 radical (unpaired) electrons. The molecule has 1 aromatic carbocycles. The third-order valence-electron chi connectivity index (χ3n) is 5.69. The van der Waals surface area contributed by atoms with Gasteiger partial charge in [0.05, 0.1) is 17.8 Å². The van der Waals surface area contributed by atoms with Crippen LogP contribution in [0.5, 0.6) is 0 Å². The Bertz CT molecular complexity index is 967. The van der Waals surface area contributed by atoms with Gasteiger partial charge in [-0.25, -0.2) is 0 Å². The maximum atomic E-state index is 13.2. The van der Waals surface area contributed by atoms with E-state index in [1.165, 1.54) is 16.7 Å². The number of piperazine rings is 1. The lowest BCUT2D eigenvalue weighted by molar-refractivity contribution is 0.0627. The van der Waals surface area contributed by atoms with Crippen LogP contribution in [0.2, 0.25) is 0 Å². The van der Waals surface area contributed by atoms with E-state index in [-0.39, 0.29) is 5.91 Å². The van der Waals surface area contributed by atoms with Crippen LogP contribution in [-0.4, -0.2) is 51.7 Å². The van der Waals surface area contributed by atoms with Gasteiger partial charge in [0.25, 0.3) is 5.91 Å². The van der Waals surface area contributed by atoms with Crippen molar-refractivity contribution in [1.29, 1.82) is 0 Å². The molecule has 0 saturated carbocycles. The van der Waals surface area contributed by atoms with Crippen molar-refractivity contribution in [2.75, 3.05) is 26.2 Å². The summed E-state index contributed by atoms with van der Waals surface area (Å²) in [6, 6.07) is 10.7. The number of aromatic nitrogens is 2. The van der Waals surface area contributed by atoms with E-state index in [1.807, 2.05) is 23.4 Å². The number of amides is 1. The summed E-state index contributed by atoms with van der Waals surface area (Å²) in [6.07, 6.45) is 0. The molecule has 0 unspecified atom stereocenters. The molecule has 152 valence electrons. The Balaban J connectivity index is 1.42. The Hall–Kier alpha value is -2.44. The van der Waals surface area contributed by atoms with Gasteiger partial charge in [-0.2, -0.15) is 16.4 Å². The average molecular weight is 409 g/mol. The Morgan fingerprint density at radius 3 is 2.34 bits per heavy atom. The predicted molar refractivity (Wildman–Crippen MR) is 117 cm³/mol. The molecule has 1 aliphatic heterocycles. The Morgan fingerprint density at radius 1 is 0.966 bits per heavy atom. The average Bonchev–Trinajstić information content (AvgIpc) is 3.32. The van der Waals surface area contributed by atoms with Crippen molar-refractivity contribution >= 4 is 17.2 Å². The maximum absolute atomic E-state index is 13.2. The van der Waals surface area contributed by atoms with Crippen LogP contribution in [0.3, 0.4) is 0 Å². The molecule has 29 heavy (non-hydrogen) atoms. The highest BCUT2D eigenvalue weighted by Crippen LogP contribution is 2.19. The molecular formula is C23H28N4OS. The second-order valence-electron chi connectivity index (χ2n) is 7.89. The Labute approximate surface area is 176 Å². The molecule has 0 bridgehead atoms. The van der Waals surface area contributed by atoms with Gasteiger partial charge in [-0.15, -0.1) is 0 Å². The van der Waals surface area contributed by atoms with Gasteiger partial charge < -0.3 is 4.90 Å². The first-order valence-electron chi connectivity index (χ1n) is 10.1. The summed E-state index contributed by atoms with van der Waals surface area (Å²) >= 11 is 1.74. The van der Waals surface area contributed by atoms with Gasteiger partial charge in [-0.05, 0) is 48.7 Å². The van der Waals surface area contributed by atoms with Crippen LogP contribution in [0.1, 0.15) is 38.4 Å². The number of hydrogen-bond acceptors (Lipinski definition) is 4. The zero-order chi connectivity index (χ0) is 20.4. The fraction of sp³-hybridized carbons (Fsp3) is 0.391. The summed E-state index contributed by atoms with van der Waals surface area (Å²) in [7, 11) is 0. The normalized spacial score (nSPS) is 15.1. The third kappa shape index (κ3) is 4.43. The minimum absolute atomic E-state index is 0.116. The number of benzene rings is 1. The Kier molecular flexibility index (Phi) is 5.83. The lowest BCUT2D eigenvalue weighted by atomic mass is 10.1. The van der Waals surface area contributed by atoms with Crippen molar-refractivity contribution in [3.63, 3.8) is 0 Å². The first-order chi connectivity index (χ1) is 14.0. The van der Waals surface area contributed by atoms with Crippen LogP contribution >= 0.6 is 11.3 Å². The fourth-order valence-electron chi connectivity index (χ4n) is 3.93. The summed E-state index contributed by atoms with van der Waals surface area (Å²) in [5, 5.41) is 8.99. The third-order valence-corrected chi connectivity index (χ3v) is 6.43. The lowest BCUT2D eigenvalue weighted by Crippen LogP contribution is -2.48. The van der Waals surface area contributed by atoms with Crippen LogP contribution in [0.15, 0.2) is 41.1 Å². The maximum Gasteiger partial charge on any atom is 0.257 e. The summed E-state index contributed by atoms with van der Waals surface area (Å²) in [5.41, 5.74) is 6.34. The van der Waals surface area contributed by atoms with Gasteiger partial charge in [0.15, 0.2) is 0 Å². The van der Waals surface area contributed by atoms with Crippen molar-refractivity contribution in [3.05, 3.63) is 74.7 Å². The molecule has 0 aliphatic carbocycles. The Morgan fingerprint density at radius 2 is 1.69 bits per heavy atom. The van der Waals surface area contributed by atoms with Crippen LogP contribution in [-0.2, 0) is 13.1 Å². The zero-order valence-electron chi connectivity index (χ0n) is 17.4. The van der Waals surface area contributed by atoms with E-state index < -0.39 is 0 Å². The van der Waals surface area contributed by atoms with E-state index in [0.717, 1.165) is 49.7 Å². The molecule has 1 fully saturated rings. The SMILES string of the molecule is Cc1ccc(Cn2nc(C)c(C(=O)N3CCN(Cc4ccsc4)CC3)c2C)cc1. The molecular weight excluding hydrogens is 380 g/mol. The molecule has 5 nitrogen and oxygen atoms in total. The van der Waals surface area contributed by atoms with Gasteiger partial charge in [0.2, 0.25) is 0 Å². The number of rotatable bonds is 5. The van der Waals surface area contributed by atoms with Gasteiger partial charge in [0, 0.05) is 38.4 Å². The number of hydrogen-bond donors (Lipinski definition) is 0. The van der Waals surface area contributed by atoms with Crippen LogP contribution in [0.4, 0.5) is 0 Å². The highest BCUT2D eigenvalue weighted by Gasteiger charge is 2.27. The van der Waals surface area contributed by atoms with Crippen LogP contribution in [0.25, 0.3) is 0 Å². The first kappa shape index (κ1) is 19.9. The van der Waals surface area contributed by atoms with E-state index in [9.17, 15) is 4.79 Å². The minimum atomic E-state index is 0.116. The van der Waals surface area contributed by atoms with Crippen LogP contribution in [0, 0.1) is 20.8 Å². The van der Waals surface area contributed by atoms with E-state index in [2.05, 4.69) is 58.0 Å². The number of thiophene rings is 1. The summed E-state index contributed by atoms with van der Waals surface area (Å²) in [4.78, 5) is 17.6. The van der Waals surface area contributed by atoms with Crippen molar-refractivity contribution in [2.24, 2.45) is 0 Å². The molecule has 0 spiro atoms. The van der Waals surface area contributed by atoms with Crippen molar-refractivity contribution in [2.45, 2.75) is 33.9 Å². The minimum Gasteiger partial charge on any atom is -0.336 e. The largest absolute Gasteiger partial charge is 0.336 e. The molecule has 4 rings (SSSR count). The number of nitrogens with zero attached hydrogens (tertiary/aromatic N) is 4. The molecule has 3 heterocycles. The van der Waals surface area contributed by atoms with E-state index in [0.29, 0.717) is 6.54 Å². The molecule has 1 aliphatic rings. The number of carbonyl (C=O) groups excluding carboxylic acids is 1. The van der Waals surface area contributed by atoms with E-state index in [1.54, 1.807) is 11.3 Å². The van der Waals surface area contributed by atoms with E-state index in [4.69, 9.17) is 0 Å². The fourth-order valence-corrected chi connectivity index (χ4v) is 4.59. The van der Waals surface area contributed by atoms with Gasteiger partial charge in [-0.3, -0.25) is 14.4 Å². The molecule has 6 heteroatoms. The van der Waals surface area contributed by atoms with Crippen molar-refractivity contribution in [3.8, 4) is 0 Å². The predicted octanol–water partition coefficient (Wildman–Crippen LogP) is 3.88. The topological polar surface area (TPSA) is 41.4 Å². The van der Waals surface area contributed by atoms with Gasteiger partial charge in [-0.1, -0.05) is 29.8 Å². The smallest absolute Gasteiger partial charge is 0.257 e. The number of aryl methyl sites for hydroxylation is 2. The summed E-state index contributed by atoms with van der Waals surface area (Å²) in [6.45, 7) is 11.1. The summed E-state index contributed by atoms with van der Waals surface area (Å²) in [5.74, 6) is 0.116.